The molecular weight excluding hydrogens is 232 g/mol. The first-order valence-corrected chi connectivity index (χ1v) is 5.01. The highest BCUT2D eigenvalue weighted by Crippen LogP contribution is 2.16. The monoisotopic (exact) mass is 246 g/mol. The Morgan fingerprint density at radius 2 is 2.38 bits per heavy atom. The zero-order chi connectivity index (χ0) is 10.7. The van der Waals surface area contributed by atoms with Crippen molar-refractivity contribution in [1.29, 1.82) is 0 Å². The SMILES string of the molecule is Cl.NCC1CCCN1C(=O)Cn1cnnn1. The van der Waals surface area contributed by atoms with Gasteiger partial charge in [-0.05, 0) is 23.3 Å². The van der Waals surface area contributed by atoms with Gasteiger partial charge in [0.25, 0.3) is 0 Å². The van der Waals surface area contributed by atoms with Crippen LogP contribution >= 0.6 is 12.4 Å². The lowest BCUT2D eigenvalue weighted by atomic mass is 10.2. The predicted octanol–water partition coefficient (Wildman–Crippen LogP) is -0.955. The van der Waals surface area contributed by atoms with Gasteiger partial charge in [-0.1, -0.05) is 0 Å². The maximum atomic E-state index is 11.8. The second-order valence-electron chi connectivity index (χ2n) is 3.63. The van der Waals surface area contributed by atoms with Crippen molar-refractivity contribution < 1.29 is 4.79 Å². The van der Waals surface area contributed by atoms with Crippen LogP contribution < -0.4 is 5.73 Å². The van der Waals surface area contributed by atoms with E-state index < -0.39 is 0 Å². The van der Waals surface area contributed by atoms with E-state index in [9.17, 15) is 4.79 Å². The predicted molar refractivity (Wildman–Crippen MR) is 58.9 cm³/mol. The zero-order valence-corrected chi connectivity index (χ0v) is 9.64. The summed E-state index contributed by atoms with van der Waals surface area (Å²) in [7, 11) is 0. The van der Waals surface area contributed by atoms with Crippen molar-refractivity contribution >= 4 is 18.3 Å². The fraction of sp³-hybridized carbons (Fsp3) is 0.750. The van der Waals surface area contributed by atoms with Crippen LogP contribution in [0.3, 0.4) is 0 Å². The number of rotatable bonds is 3. The van der Waals surface area contributed by atoms with Crippen LogP contribution in [0.5, 0.6) is 0 Å². The van der Waals surface area contributed by atoms with Crippen molar-refractivity contribution in [2.24, 2.45) is 5.73 Å². The van der Waals surface area contributed by atoms with Crippen LogP contribution in [0.15, 0.2) is 6.33 Å². The van der Waals surface area contributed by atoms with Gasteiger partial charge in [-0.25, -0.2) is 4.68 Å². The van der Waals surface area contributed by atoms with Gasteiger partial charge >= 0.3 is 0 Å². The van der Waals surface area contributed by atoms with Gasteiger partial charge in [0.1, 0.15) is 12.9 Å². The van der Waals surface area contributed by atoms with E-state index in [0.717, 1.165) is 19.4 Å². The summed E-state index contributed by atoms with van der Waals surface area (Å²) in [6, 6.07) is 0.189. The quantitative estimate of drug-likeness (QED) is 0.742. The highest BCUT2D eigenvalue weighted by molar-refractivity contribution is 5.85. The van der Waals surface area contributed by atoms with E-state index in [1.807, 2.05) is 4.90 Å². The van der Waals surface area contributed by atoms with E-state index in [2.05, 4.69) is 15.5 Å². The maximum absolute atomic E-state index is 11.8. The van der Waals surface area contributed by atoms with Crippen LogP contribution in [0, 0.1) is 0 Å². The third kappa shape index (κ3) is 2.67. The molecular formula is C8H15ClN6O. The number of carbonyl (C=O) groups is 1. The molecule has 0 aromatic carbocycles. The third-order valence-electron chi connectivity index (χ3n) is 2.66. The molecule has 90 valence electrons. The van der Waals surface area contributed by atoms with E-state index in [0.29, 0.717) is 6.54 Å². The Morgan fingerprint density at radius 3 is 3.00 bits per heavy atom. The molecule has 0 radical (unpaired) electrons. The molecule has 1 aromatic rings. The third-order valence-corrected chi connectivity index (χ3v) is 2.66. The van der Waals surface area contributed by atoms with E-state index in [4.69, 9.17) is 5.73 Å². The van der Waals surface area contributed by atoms with E-state index in [1.54, 1.807) is 0 Å². The number of hydrogen-bond acceptors (Lipinski definition) is 5. The number of carbonyl (C=O) groups excluding carboxylic acids is 1. The summed E-state index contributed by atoms with van der Waals surface area (Å²) in [5.74, 6) is 0.0373. The molecule has 0 bridgehead atoms. The Bertz CT molecular complexity index is 329. The smallest absolute Gasteiger partial charge is 0.244 e. The lowest BCUT2D eigenvalue weighted by Crippen LogP contribution is -2.41. The van der Waals surface area contributed by atoms with Crippen molar-refractivity contribution in [3.05, 3.63) is 6.33 Å². The number of tetrazole rings is 1. The number of hydrogen-bond donors (Lipinski definition) is 1. The summed E-state index contributed by atoms with van der Waals surface area (Å²) >= 11 is 0. The van der Waals surface area contributed by atoms with Gasteiger partial charge < -0.3 is 10.6 Å². The molecule has 0 spiro atoms. The van der Waals surface area contributed by atoms with Crippen LogP contribution in [0.4, 0.5) is 0 Å². The first-order chi connectivity index (χ1) is 7.31. The molecule has 0 aliphatic carbocycles. The largest absolute Gasteiger partial charge is 0.337 e. The lowest BCUT2D eigenvalue weighted by molar-refractivity contribution is -0.132. The van der Waals surface area contributed by atoms with Crippen molar-refractivity contribution in [1.82, 2.24) is 25.1 Å². The minimum absolute atomic E-state index is 0. The number of likely N-dealkylation sites (tertiary alicyclic amines) is 1. The molecule has 1 unspecified atom stereocenters. The molecule has 1 saturated heterocycles. The molecule has 1 fully saturated rings. The summed E-state index contributed by atoms with van der Waals surface area (Å²) in [4.78, 5) is 13.7. The van der Waals surface area contributed by atoms with E-state index >= 15 is 0 Å². The maximum Gasteiger partial charge on any atom is 0.244 e. The van der Waals surface area contributed by atoms with Gasteiger partial charge in [-0.2, -0.15) is 0 Å². The molecule has 1 aliphatic heterocycles. The molecule has 2 N–H and O–H groups in total. The molecule has 0 saturated carbocycles. The molecule has 16 heavy (non-hydrogen) atoms. The molecule has 2 heterocycles. The van der Waals surface area contributed by atoms with Gasteiger partial charge in [0.05, 0.1) is 0 Å². The number of nitrogens with zero attached hydrogens (tertiary/aromatic N) is 5. The van der Waals surface area contributed by atoms with Crippen LogP contribution in [0.1, 0.15) is 12.8 Å². The van der Waals surface area contributed by atoms with Crippen LogP contribution in [-0.2, 0) is 11.3 Å². The van der Waals surface area contributed by atoms with Crippen LogP contribution in [-0.4, -0.2) is 50.1 Å². The number of aromatic nitrogens is 4. The van der Waals surface area contributed by atoms with Crippen LogP contribution in [0.25, 0.3) is 0 Å². The highest BCUT2D eigenvalue weighted by atomic mass is 35.5. The Kier molecular flexibility index (Phi) is 4.63. The minimum atomic E-state index is 0. The molecule has 1 atom stereocenters. The summed E-state index contributed by atoms with van der Waals surface area (Å²) in [6.45, 7) is 1.52. The minimum Gasteiger partial charge on any atom is -0.337 e. The molecule has 2 rings (SSSR count). The van der Waals surface area contributed by atoms with E-state index in [1.165, 1.54) is 11.0 Å². The molecule has 1 aliphatic rings. The summed E-state index contributed by atoms with van der Waals surface area (Å²) in [5.41, 5.74) is 5.59. The van der Waals surface area contributed by atoms with Crippen molar-refractivity contribution in [3.8, 4) is 0 Å². The van der Waals surface area contributed by atoms with Gasteiger partial charge in [-0.15, -0.1) is 17.5 Å². The zero-order valence-electron chi connectivity index (χ0n) is 8.82. The van der Waals surface area contributed by atoms with Gasteiger partial charge in [0.2, 0.25) is 5.91 Å². The van der Waals surface area contributed by atoms with Gasteiger partial charge in [-0.3, -0.25) is 4.79 Å². The average molecular weight is 247 g/mol. The van der Waals surface area contributed by atoms with Gasteiger partial charge in [0, 0.05) is 19.1 Å². The normalized spacial score (nSPS) is 19.6. The Morgan fingerprint density at radius 1 is 1.56 bits per heavy atom. The Balaban J connectivity index is 0.00000128. The number of nitrogens with two attached hydrogens (primary N) is 1. The average Bonchev–Trinajstić information content (AvgIpc) is 2.86. The van der Waals surface area contributed by atoms with E-state index in [-0.39, 0.29) is 30.9 Å². The summed E-state index contributed by atoms with van der Waals surface area (Å²) in [5, 5.41) is 10.6. The summed E-state index contributed by atoms with van der Waals surface area (Å²) in [6.07, 6.45) is 3.46. The first-order valence-electron chi connectivity index (χ1n) is 5.01. The molecule has 8 heteroatoms. The highest BCUT2D eigenvalue weighted by Gasteiger charge is 2.27. The molecule has 7 nitrogen and oxygen atoms in total. The topological polar surface area (TPSA) is 89.9 Å². The summed E-state index contributed by atoms with van der Waals surface area (Å²) < 4.78 is 1.42. The molecule has 1 aromatic heterocycles. The number of halogens is 1. The first kappa shape index (κ1) is 12.9. The van der Waals surface area contributed by atoms with Crippen molar-refractivity contribution in [2.75, 3.05) is 13.1 Å². The Hall–Kier alpha value is -1.21. The van der Waals surface area contributed by atoms with Crippen molar-refractivity contribution in [2.45, 2.75) is 25.4 Å². The second kappa shape index (κ2) is 5.76. The molecule has 1 amide bonds. The number of amides is 1. The standard InChI is InChI=1S/C8H14N6O.ClH/c9-4-7-2-1-3-14(7)8(15)5-13-6-10-11-12-13;/h6-7H,1-5,9H2;1H. The lowest BCUT2D eigenvalue weighted by Gasteiger charge is -2.23. The fourth-order valence-corrected chi connectivity index (χ4v) is 1.89. The fourth-order valence-electron chi connectivity index (χ4n) is 1.89. The van der Waals surface area contributed by atoms with Crippen LogP contribution in [0.2, 0.25) is 0 Å². The van der Waals surface area contributed by atoms with Crippen molar-refractivity contribution in [3.63, 3.8) is 0 Å². The Labute approximate surface area is 99.4 Å². The second-order valence-corrected chi connectivity index (χ2v) is 3.63. The van der Waals surface area contributed by atoms with Gasteiger partial charge in [0.15, 0.2) is 0 Å².